The van der Waals surface area contributed by atoms with Crippen molar-refractivity contribution in [3.8, 4) is 0 Å². The van der Waals surface area contributed by atoms with Crippen molar-refractivity contribution in [2.24, 2.45) is 4.99 Å². The number of aromatic amines is 1. The van der Waals surface area contributed by atoms with E-state index < -0.39 is 11.5 Å². The van der Waals surface area contributed by atoms with E-state index in [0.29, 0.717) is 28.6 Å². The van der Waals surface area contributed by atoms with Crippen LogP contribution in [-0.2, 0) is 13.1 Å². The van der Waals surface area contributed by atoms with E-state index >= 15 is 0 Å². The molecule has 0 spiro atoms. The van der Waals surface area contributed by atoms with Gasteiger partial charge in [-0.15, -0.1) is 0 Å². The molecule has 4 N–H and O–H groups in total. The minimum Gasteiger partial charge on any atom is -0.384 e. The number of hydrogen-bond acceptors (Lipinski definition) is 6. The van der Waals surface area contributed by atoms with Crippen molar-refractivity contribution >= 4 is 52.7 Å². The summed E-state index contributed by atoms with van der Waals surface area (Å²) in [5.74, 6) is -0.0354. The number of nitrogens with one attached hydrogen (secondary N) is 2. The molecule has 0 atom stereocenters. The highest BCUT2D eigenvalue weighted by molar-refractivity contribution is 6.31. The van der Waals surface area contributed by atoms with Crippen molar-refractivity contribution < 1.29 is 4.79 Å². The number of allylic oxidation sites excluding steroid dienone is 1. The average Bonchev–Trinajstić information content (AvgIpc) is 3.18. The van der Waals surface area contributed by atoms with Gasteiger partial charge >= 0.3 is 0 Å². The molecule has 36 heavy (non-hydrogen) atoms. The average molecular weight is 504 g/mol. The van der Waals surface area contributed by atoms with Gasteiger partial charge in [-0.05, 0) is 74.5 Å². The molecule has 0 bridgehead atoms. The highest BCUT2D eigenvalue weighted by Gasteiger charge is 2.21. The summed E-state index contributed by atoms with van der Waals surface area (Å²) in [5.41, 5.74) is 10.9. The van der Waals surface area contributed by atoms with Gasteiger partial charge in [0.05, 0.1) is 23.1 Å². The van der Waals surface area contributed by atoms with Crippen molar-refractivity contribution in [3.63, 3.8) is 0 Å². The number of fused-ring (bicyclic) bond motifs is 1. The number of rotatable bonds is 7. The Bertz CT molecular complexity index is 1560. The third kappa shape index (κ3) is 5.06. The quantitative estimate of drug-likeness (QED) is 0.325. The number of halogens is 1. The first-order valence-corrected chi connectivity index (χ1v) is 11.6. The number of benzene rings is 1. The Morgan fingerprint density at radius 3 is 2.78 bits per heavy atom. The number of H-pyrrole nitrogens is 1. The summed E-state index contributed by atoms with van der Waals surface area (Å²) in [4.78, 5) is 36.8. The molecule has 3 heterocycles. The maximum absolute atomic E-state index is 13.2. The van der Waals surface area contributed by atoms with Gasteiger partial charge in [0.15, 0.2) is 5.69 Å². The fraction of sp³-hybridized carbons (Fsp3) is 0.192. The van der Waals surface area contributed by atoms with Gasteiger partial charge in [-0.2, -0.15) is 5.10 Å². The van der Waals surface area contributed by atoms with Gasteiger partial charge < -0.3 is 16.0 Å². The molecule has 0 radical (unpaired) electrons. The normalized spacial score (nSPS) is 11.6. The third-order valence-electron chi connectivity index (χ3n) is 5.84. The number of aryl methyl sites for hydroxylation is 2. The zero-order chi connectivity index (χ0) is 26.0. The molecule has 0 aliphatic rings. The maximum Gasteiger partial charge on any atom is 0.272 e. The Balaban J connectivity index is 1.69. The summed E-state index contributed by atoms with van der Waals surface area (Å²) in [6.07, 6.45) is 3.34. The lowest BCUT2D eigenvalue weighted by atomic mass is 10.1. The number of hydrogen-bond donors (Lipinski definition) is 3. The van der Waals surface area contributed by atoms with E-state index in [9.17, 15) is 9.59 Å². The fourth-order valence-corrected chi connectivity index (χ4v) is 4.29. The third-order valence-corrected chi connectivity index (χ3v) is 5.95. The first-order valence-electron chi connectivity index (χ1n) is 11.2. The maximum atomic E-state index is 13.2. The second-order valence-corrected chi connectivity index (χ2v) is 9.06. The van der Waals surface area contributed by atoms with Gasteiger partial charge in [0.25, 0.3) is 11.5 Å². The number of carbonyl (C=O) groups excluding carboxylic acids is 1. The molecule has 0 fully saturated rings. The Morgan fingerprint density at radius 2 is 2.08 bits per heavy atom. The van der Waals surface area contributed by atoms with Gasteiger partial charge in [-0.1, -0.05) is 17.7 Å². The molecule has 0 aliphatic carbocycles. The van der Waals surface area contributed by atoms with E-state index in [0.717, 1.165) is 27.9 Å². The van der Waals surface area contributed by atoms with Crippen LogP contribution in [0.2, 0.25) is 0 Å². The van der Waals surface area contributed by atoms with Crippen LogP contribution in [0.15, 0.2) is 51.3 Å². The number of nitrogen functional groups attached to an aromatic ring is 1. The lowest BCUT2D eigenvalue weighted by Crippen LogP contribution is -2.26. The molecule has 3 aromatic heterocycles. The number of amides is 1. The summed E-state index contributed by atoms with van der Waals surface area (Å²) in [6, 6.07) is 9.14. The van der Waals surface area contributed by atoms with Gasteiger partial charge in [0.1, 0.15) is 5.82 Å². The number of aliphatic imine (C=N–C) groups is 1. The largest absolute Gasteiger partial charge is 0.384 e. The lowest BCUT2D eigenvalue weighted by Gasteiger charge is -2.11. The molecule has 0 aliphatic heterocycles. The first kappa shape index (κ1) is 24.9. The number of pyridine rings is 2. The Kier molecular flexibility index (Phi) is 7.03. The number of carbonyl (C=O) groups is 1. The predicted octanol–water partition coefficient (Wildman–Crippen LogP) is 4.23. The van der Waals surface area contributed by atoms with Gasteiger partial charge in [0, 0.05) is 29.0 Å². The summed E-state index contributed by atoms with van der Waals surface area (Å²) in [5, 5.41) is 8.22. The van der Waals surface area contributed by atoms with Crippen LogP contribution in [0.4, 0.5) is 11.5 Å². The summed E-state index contributed by atoms with van der Waals surface area (Å²) < 4.78 is 1.64. The predicted molar refractivity (Wildman–Crippen MR) is 144 cm³/mol. The molecule has 4 aromatic rings. The van der Waals surface area contributed by atoms with Gasteiger partial charge in [0.2, 0.25) is 0 Å². The van der Waals surface area contributed by atoms with Crippen molar-refractivity contribution in [3.05, 3.63) is 85.6 Å². The molecule has 4 rings (SSSR count). The van der Waals surface area contributed by atoms with E-state index in [2.05, 4.69) is 32.1 Å². The molecule has 0 saturated heterocycles. The Morgan fingerprint density at radius 1 is 1.31 bits per heavy atom. The van der Waals surface area contributed by atoms with Gasteiger partial charge in [-0.25, -0.2) is 4.98 Å². The summed E-state index contributed by atoms with van der Waals surface area (Å²) >= 11 is 6.08. The minimum absolute atomic E-state index is 0.0478. The standard InChI is InChI=1S/C26H26ClN7O2/c1-14-9-22(28)32-16(3)19(14)12-31-26(36)24-23-21(7-8-30-25(23)35)34(33-24)13-17-5-6-20(29-4)18(11-17)10-15(2)27/h5-11H,4,12-13H2,1-3H3,(H2,28,32)(H,30,35)(H,31,36)/b15-10+. The number of nitrogens with zero attached hydrogens (tertiary/aromatic N) is 4. The number of nitrogens with two attached hydrogens (primary N) is 1. The smallest absolute Gasteiger partial charge is 0.272 e. The zero-order valence-electron chi connectivity index (χ0n) is 20.2. The Labute approximate surface area is 212 Å². The second-order valence-electron chi connectivity index (χ2n) is 8.47. The highest BCUT2D eigenvalue weighted by atomic mass is 35.5. The van der Waals surface area contributed by atoms with Crippen LogP contribution in [0.3, 0.4) is 0 Å². The summed E-state index contributed by atoms with van der Waals surface area (Å²) in [7, 11) is 0. The number of anilines is 1. The van der Waals surface area contributed by atoms with Crippen molar-refractivity contribution in [1.82, 2.24) is 25.1 Å². The molecule has 9 nitrogen and oxygen atoms in total. The van der Waals surface area contributed by atoms with Crippen LogP contribution >= 0.6 is 11.6 Å². The lowest BCUT2D eigenvalue weighted by molar-refractivity contribution is 0.0946. The molecule has 0 saturated carbocycles. The van der Waals surface area contributed by atoms with Crippen molar-refractivity contribution in [2.75, 3.05) is 5.73 Å². The monoisotopic (exact) mass is 503 g/mol. The molecular formula is C26H26ClN7O2. The zero-order valence-corrected chi connectivity index (χ0v) is 21.0. The van der Waals surface area contributed by atoms with Crippen LogP contribution in [0.5, 0.6) is 0 Å². The molecule has 0 unspecified atom stereocenters. The fourth-order valence-electron chi connectivity index (χ4n) is 4.17. The van der Waals surface area contributed by atoms with E-state index in [1.165, 1.54) is 6.20 Å². The van der Waals surface area contributed by atoms with E-state index in [1.807, 2.05) is 32.0 Å². The highest BCUT2D eigenvalue weighted by Crippen LogP contribution is 2.25. The summed E-state index contributed by atoms with van der Waals surface area (Å²) in [6.45, 7) is 9.68. The van der Waals surface area contributed by atoms with Gasteiger partial charge in [-0.3, -0.25) is 19.3 Å². The van der Waals surface area contributed by atoms with Crippen LogP contribution < -0.4 is 16.6 Å². The molecule has 1 amide bonds. The topological polar surface area (TPSA) is 131 Å². The molecule has 184 valence electrons. The van der Waals surface area contributed by atoms with Crippen molar-refractivity contribution in [2.45, 2.75) is 33.9 Å². The van der Waals surface area contributed by atoms with Crippen LogP contribution in [0.25, 0.3) is 17.0 Å². The first-order chi connectivity index (χ1) is 17.2. The van der Waals surface area contributed by atoms with E-state index in [-0.39, 0.29) is 17.6 Å². The SMILES string of the molecule is C=Nc1ccc(Cn2nc(C(=O)NCc3c(C)cc(N)nc3C)c3c(=O)[nH]ccc32)cc1/C=C(\C)Cl. The minimum atomic E-state index is -0.460. The second kappa shape index (κ2) is 10.2. The van der Waals surface area contributed by atoms with E-state index in [1.54, 1.807) is 29.8 Å². The van der Waals surface area contributed by atoms with Crippen molar-refractivity contribution in [1.29, 1.82) is 0 Å². The van der Waals surface area contributed by atoms with Crippen LogP contribution in [0, 0.1) is 13.8 Å². The van der Waals surface area contributed by atoms with Crippen LogP contribution in [0.1, 0.15) is 45.4 Å². The number of aromatic nitrogens is 4. The molecular weight excluding hydrogens is 478 g/mol. The van der Waals surface area contributed by atoms with E-state index in [4.69, 9.17) is 17.3 Å². The Hall–Kier alpha value is -4.24. The molecule has 1 aromatic carbocycles. The molecule has 10 heteroatoms. The van der Waals surface area contributed by atoms with Crippen LogP contribution in [-0.4, -0.2) is 32.4 Å².